The van der Waals surface area contributed by atoms with Crippen LogP contribution in [0, 0.1) is 0 Å². The van der Waals surface area contributed by atoms with Crippen LogP contribution in [0.25, 0.3) is 6.08 Å². The number of benzene rings is 2. The Hall–Kier alpha value is -2.96. The summed E-state index contributed by atoms with van der Waals surface area (Å²) in [6, 6.07) is 12.9. The van der Waals surface area contributed by atoms with Gasteiger partial charge in [0, 0.05) is 12.2 Å². The van der Waals surface area contributed by atoms with Crippen molar-refractivity contribution in [3.05, 3.63) is 71.3 Å². The van der Waals surface area contributed by atoms with Crippen molar-refractivity contribution in [3.63, 3.8) is 0 Å². The number of alkyl halides is 3. The molecule has 1 amide bonds. The monoisotopic (exact) mass is 364 g/mol. The molecular formula is C19H19F3N2O2. The first-order chi connectivity index (χ1) is 12.4. The van der Waals surface area contributed by atoms with Gasteiger partial charge in [-0.05, 0) is 29.7 Å². The summed E-state index contributed by atoms with van der Waals surface area (Å²) >= 11 is 0. The summed E-state index contributed by atoms with van der Waals surface area (Å²) in [7, 11) is 0. The van der Waals surface area contributed by atoms with Crippen LogP contribution >= 0.6 is 0 Å². The van der Waals surface area contributed by atoms with E-state index in [2.05, 4.69) is 5.32 Å². The van der Waals surface area contributed by atoms with Crippen molar-refractivity contribution in [1.82, 2.24) is 5.32 Å². The highest BCUT2D eigenvalue weighted by Gasteiger charge is 2.32. The van der Waals surface area contributed by atoms with Gasteiger partial charge >= 0.3 is 12.3 Å². The Kier molecular flexibility index (Phi) is 6.66. The zero-order valence-electron chi connectivity index (χ0n) is 13.9. The fraction of sp³-hybridized carbons (Fsp3) is 0.211. The predicted molar refractivity (Wildman–Crippen MR) is 94.1 cm³/mol. The van der Waals surface area contributed by atoms with Crippen LogP contribution in [-0.4, -0.2) is 12.6 Å². The van der Waals surface area contributed by atoms with Crippen LogP contribution in [-0.2, 0) is 17.5 Å². The minimum Gasteiger partial charge on any atom is -0.445 e. The standard InChI is InChI=1S/C19H19F3N2O2/c20-19(21,22)16-10-9-14(12-17(16)23)6-4-5-11-24-18(25)26-13-15-7-2-1-3-8-15/h1-4,6-10,12H,5,11,13,23H2,(H,24,25). The molecule has 2 aromatic rings. The number of rotatable bonds is 6. The lowest BCUT2D eigenvalue weighted by Gasteiger charge is -2.10. The second-order valence-corrected chi connectivity index (χ2v) is 5.52. The molecule has 0 radical (unpaired) electrons. The van der Waals surface area contributed by atoms with E-state index in [0.29, 0.717) is 18.5 Å². The number of nitrogens with two attached hydrogens (primary N) is 1. The largest absolute Gasteiger partial charge is 0.445 e. The van der Waals surface area contributed by atoms with Gasteiger partial charge in [0.2, 0.25) is 0 Å². The van der Waals surface area contributed by atoms with Crippen LogP contribution in [0.3, 0.4) is 0 Å². The first-order valence-corrected chi connectivity index (χ1v) is 7.94. The van der Waals surface area contributed by atoms with E-state index >= 15 is 0 Å². The van der Waals surface area contributed by atoms with Crippen LogP contribution in [0.1, 0.15) is 23.1 Å². The maximum Gasteiger partial charge on any atom is 0.418 e. The van der Waals surface area contributed by atoms with E-state index in [1.165, 1.54) is 12.1 Å². The van der Waals surface area contributed by atoms with Gasteiger partial charge in [0.1, 0.15) is 6.61 Å². The van der Waals surface area contributed by atoms with E-state index in [9.17, 15) is 18.0 Å². The van der Waals surface area contributed by atoms with Crippen LogP contribution in [0.5, 0.6) is 0 Å². The first kappa shape index (κ1) is 19.4. The molecule has 0 atom stereocenters. The summed E-state index contributed by atoms with van der Waals surface area (Å²) in [6.07, 6.45) is -1.11. The minimum atomic E-state index is -4.46. The number of ether oxygens (including phenoxy) is 1. The molecule has 0 saturated heterocycles. The van der Waals surface area contributed by atoms with Crippen LogP contribution in [0.4, 0.5) is 23.7 Å². The highest BCUT2D eigenvalue weighted by molar-refractivity contribution is 5.67. The van der Waals surface area contributed by atoms with Crippen LogP contribution in [0.2, 0.25) is 0 Å². The molecule has 0 aliphatic heterocycles. The third-order valence-corrected chi connectivity index (χ3v) is 3.48. The van der Waals surface area contributed by atoms with Crippen molar-refractivity contribution in [1.29, 1.82) is 0 Å². The van der Waals surface area contributed by atoms with Gasteiger partial charge in [-0.2, -0.15) is 13.2 Å². The molecule has 0 spiro atoms. The number of hydrogen-bond donors (Lipinski definition) is 2. The molecule has 0 saturated carbocycles. The van der Waals surface area contributed by atoms with Crippen molar-refractivity contribution < 1.29 is 22.7 Å². The molecule has 7 heteroatoms. The maximum absolute atomic E-state index is 12.6. The molecular weight excluding hydrogens is 345 g/mol. The Balaban J connectivity index is 1.72. The van der Waals surface area contributed by atoms with Crippen LogP contribution in [0.15, 0.2) is 54.6 Å². The molecule has 0 unspecified atom stereocenters. The number of nitrogens with one attached hydrogen (secondary N) is 1. The predicted octanol–water partition coefficient (Wildman–Crippen LogP) is 4.62. The lowest BCUT2D eigenvalue weighted by atomic mass is 10.1. The first-order valence-electron chi connectivity index (χ1n) is 7.94. The molecule has 4 nitrogen and oxygen atoms in total. The van der Waals surface area contributed by atoms with E-state index in [-0.39, 0.29) is 12.3 Å². The van der Waals surface area contributed by atoms with Gasteiger partial charge in [0.15, 0.2) is 0 Å². The molecule has 0 fully saturated rings. The van der Waals surface area contributed by atoms with E-state index in [1.54, 1.807) is 12.2 Å². The minimum absolute atomic E-state index is 0.188. The molecule has 0 aromatic heterocycles. The van der Waals surface area contributed by atoms with E-state index in [1.807, 2.05) is 30.3 Å². The van der Waals surface area contributed by atoms with Crippen molar-refractivity contribution in [3.8, 4) is 0 Å². The van der Waals surface area contributed by atoms with Gasteiger partial charge in [0.25, 0.3) is 0 Å². The second kappa shape index (κ2) is 8.94. The Bertz CT molecular complexity index is 759. The van der Waals surface area contributed by atoms with Gasteiger partial charge in [-0.1, -0.05) is 48.6 Å². The normalized spacial score (nSPS) is 11.5. The second-order valence-electron chi connectivity index (χ2n) is 5.52. The number of alkyl carbamates (subject to hydrolysis) is 1. The number of nitrogen functional groups attached to an aromatic ring is 1. The molecule has 2 aromatic carbocycles. The Labute approximate surface area is 149 Å². The molecule has 0 bridgehead atoms. The average molecular weight is 364 g/mol. The fourth-order valence-corrected chi connectivity index (χ4v) is 2.19. The third-order valence-electron chi connectivity index (χ3n) is 3.48. The number of anilines is 1. The number of carbonyl (C=O) groups is 1. The Morgan fingerprint density at radius 2 is 1.88 bits per heavy atom. The fourth-order valence-electron chi connectivity index (χ4n) is 2.19. The van der Waals surface area contributed by atoms with Gasteiger partial charge in [-0.25, -0.2) is 4.79 Å². The van der Waals surface area contributed by atoms with E-state index < -0.39 is 17.8 Å². The number of carbonyl (C=O) groups excluding carboxylic acids is 1. The summed E-state index contributed by atoms with van der Waals surface area (Å²) < 4.78 is 42.9. The summed E-state index contributed by atoms with van der Waals surface area (Å²) in [6.45, 7) is 0.535. The third kappa shape index (κ3) is 6.16. The summed E-state index contributed by atoms with van der Waals surface area (Å²) in [4.78, 5) is 11.5. The van der Waals surface area contributed by atoms with Crippen molar-refractivity contribution in [2.24, 2.45) is 0 Å². The van der Waals surface area contributed by atoms with Gasteiger partial charge in [-0.15, -0.1) is 0 Å². The molecule has 2 rings (SSSR count). The van der Waals surface area contributed by atoms with Gasteiger partial charge < -0.3 is 15.8 Å². The van der Waals surface area contributed by atoms with Gasteiger partial charge in [-0.3, -0.25) is 0 Å². The molecule has 138 valence electrons. The van der Waals surface area contributed by atoms with E-state index in [0.717, 1.165) is 11.6 Å². The van der Waals surface area contributed by atoms with Crippen molar-refractivity contribution in [2.75, 3.05) is 12.3 Å². The van der Waals surface area contributed by atoms with Crippen LogP contribution < -0.4 is 11.1 Å². The van der Waals surface area contributed by atoms with Gasteiger partial charge in [0.05, 0.1) is 5.56 Å². The molecule has 0 heterocycles. The maximum atomic E-state index is 12.6. The Morgan fingerprint density at radius 1 is 1.15 bits per heavy atom. The molecule has 26 heavy (non-hydrogen) atoms. The smallest absolute Gasteiger partial charge is 0.418 e. The summed E-state index contributed by atoms with van der Waals surface area (Å²) in [5.41, 5.74) is 5.71. The van der Waals surface area contributed by atoms with Crippen molar-refractivity contribution in [2.45, 2.75) is 19.2 Å². The number of amides is 1. The summed E-state index contributed by atoms with van der Waals surface area (Å²) in [5.74, 6) is 0. The molecule has 3 N–H and O–H groups in total. The topological polar surface area (TPSA) is 64.3 Å². The average Bonchev–Trinajstić information content (AvgIpc) is 2.59. The zero-order valence-corrected chi connectivity index (χ0v) is 13.9. The van der Waals surface area contributed by atoms with E-state index in [4.69, 9.17) is 10.5 Å². The van der Waals surface area contributed by atoms with Crippen molar-refractivity contribution >= 4 is 17.9 Å². The highest BCUT2D eigenvalue weighted by Crippen LogP contribution is 2.33. The highest BCUT2D eigenvalue weighted by atomic mass is 19.4. The Morgan fingerprint density at radius 3 is 2.54 bits per heavy atom. The number of halogens is 3. The lowest BCUT2D eigenvalue weighted by Crippen LogP contribution is -2.24. The summed E-state index contributed by atoms with van der Waals surface area (Å²) in [5, 5.41) is 2.59. The molecule has 0 aliphatic carbocycles. The lowest BCUT2D eigenvalue weighted by molar-refractivity contribution is -0.136. The molecule has 0 aliphatic rings. The quantitative estimate of drug-likeness (QED) is 0.581. The SMILES string of the molecule is Nc1cc(C=CCCNC(=O)OCc2ccccc2)ccc1C(F)(F)F. The zero-order chi connectivity index (χ0) is 19.0. The number of hydrogen-bond acceptors (Lipinski definition) is 3.